The molecule has 0 spiro atoms. The fourth-order valence-electron chi connectivity index (χ4n) is 2.94. The molecule has 6 heteroatoms. The van der Waals surface area contributed by atoms with Crippen molar-refractivity contribution in [2.75, 3.05) is 6.61 Å². The van der Waals surface area contributed by atoms with Crippen LogP contribution in [0.15, 0.2) is 47.3 Å². The van der Waals surface area contributed by atoms with Crippen LogP contribution in [-0.4, -0.2) is 18.5 Å². The van der Waals surface area contributed by atoms with E-state index in [-0.39, 0.29) is 24.2 Å². The lowest BCUT2D eigenvalue weighted by atomic mass is 10.1. The molecule has 3 rings (SSSR count). The summed E-state index contributed by atoms with van der Waals surface area (Å²) in [5.74, 6) is -0.680. The molecule has 0 bridgehead atoms. The average Bonchev–Trinajstić information content (AvgIpc) is 2.69. The van der Waals surface area contributed by atoms with Crippen molar-refractivity contribution in [1.82, 2.24) is 0 Å². The molecule has 0 amide bonds. The zero-order valence-electron chi connectivity index (χ0n) is 16.7. The molecule has 1 heterocycles. The van der Waals surface area contributed by atoms with Crippen LogP contribution in [0.2, 0.25) is 0 Å². The highest BCUT2D eigenvalue weighted by Gasteiger charge is 2.17. The zero-order chi connectivity index (χ0) is 21.1. The van der Waals surface area contributed by atoms with Gasteiger partial charge in [-0.3, -0.25) is 9.59 Å². The molecule has 0 aliphatic rings. The second kappa shape index (κ2) is 8.57. The van der Waals surface area contributed by atoms with Gasteiger partial charge in [0.15, 0.2) is 5.43 Å². The minimum Gasteiger partial charge on any atom is -0.462 e. The molecule has 0 unspecified atom stereocenters. The van der Waals surface area contributed by atoms with Crippen molar-refractivity contribution in [1.29, 1.82) is 0 Å². The van der Waals surface area contributed by atoms with E-state index < -0.39 is 11.9 Å². The van der Waals surface area contributed by atoms with Gasteiger partial charge in [0.05, 0.1) is 12.0 Å². The molecule has 0 fully saturated rings. The minimum absolute atomic E-state index is 0.0725. The van der Waals surface area contributed by atoms with Gasteiger partial charge in [0.25, 0.3) is 0 Å². The summed E-state index contributed by atoms with van der Waals surface area (Å²) in [6, 6.07) is 9.16. The Hall–Kier alpha value is -2.99. The fraction of sp³-hybridized carbons (Fsp3) is 0.261. The molecule has 0 aliphatic carbocycles. The van der Waals surface area contributed by atoms with Crippen LogP contribution in [-0.2, 0) is 14.3 Å². The number of carbonyl (C=O) groups is 2. The van der Waals surface area contributed by atoms with E-state index >= 15 is 0 Å². The fourth-order valence-corrected chi connectivity index (χ4v) is 4.19. The molecular weight excluding hydrogens is 388 g/mol. The predicted molar refractivity (Wildman–Crippen MR) is 116 cm³/mol. The normalized spacial score (nSPS) is 10.9. The van der Waals surface area contributed by atoms with Crippen molar-refractivity contribution in [2.45, 2.75) is 33.6 Å². The highest BCUT2D eigenvalue weighted by molar-refractivity contribution is 7.24. The van der Waals surface area contributed by atoms with Gasteiger partial charge in [-0.1, -0.05) is 18.7 Å². The first kappa shape index (κ1) is 20.7. The minimum atomic E-state index is -0.483. The van der Waals surface area contributed by atoms with E-state index in [4.69, 9.17) is 9.47 Å². The lowest BCUT2D eigenvalue weighted by molar-refractivity contribution is -0.141. The molecule has 0 atom stereocenters. The topological polar surface area (TPSA) is 69.7 Å². The molecular formula is C23H22O5S. The lowest BCUT2D eigenvalue weighted by Gasteiger charge is -2.12. The van der Waals surface area contributed by atoms with Crippen LogP contribution in [0, 0.1) is 13.8 Å². The Morgan fingerprint density at radius 2 is 1.90 bits per heavy atom. The number of hydrogen-bond donors (Lipinski definition) is 0. The van der Waals surface area contributed by atoms with E-state index in [0.717, 1.165) is 20.5 Å². The molecule has 1 aromatic heterocycles. The number of carbonyl (C=O) groups excluding carboxylic acids is 2. The molecule has 3 aromatic rings. The van der Waals surface area contributed by atoms with Gasteiger partial charge in [0, 0.05) is 26.8 Å². The van der Waals surface area contributed by atoms with Crippen LogP contribution < -0.4 is 10.2 Å². The maximum absolute atomic E-state index is 13.1. The van der Waals surface area contributed by atoms with Gasteiger partial charge in [0.1, 0.15) is 5.75 Å². The molecule has 0 saturated heterocycles. The van der Waals surface area contributed by atoms with Gasteiger partial charge in [-0.15, -0.1) is 11.3 Å². The smallest absolute Gasteiger partial charge is 0.333 e. The summed E-state index contributed by atoms with van der Waals surface area (Å²) in [5, 5.41) is 1.04. The largest absolute Gasteiger partial charge is 0.462 e. The van der Waals surface area contributed by atoms with E-state index in [1.165, 1.54) is 11.3 Å². The van der Waals surface area contributed by atoms with E-state index in [1.807, 2.05) is 32.0 Å². The Morgan fingerprint density at radius 1 is 1.17 bits per heavy atom. The van der Waals surface area contributed by atoms with Crippen LogP contribution in [0.1, 0.15) is 30.9 Å². The first-order valence-electron chi connectivity index (χ1n) is 9.28. The molecule has 0 N–H and O–H groups in total. The van der Waals surface area contributed by atoms with Crippen molar-refractivity contribution in [3.63, 3.8) is 0 Å². The number of aryl methyl sites for hydroxylation is 2. The zero-order valence-corrected chi connectivity index (χ0v) is 17.5. The molecule has 0 aliphatic heterocycles. The van der Waals surface area contributed by atoms with E-state index in [9.17, 15) is 14.4 Å². The van der Waals surface area contributed by atoms with E-state index in [0.29, 0.717) is 22.8 Å². The standard InChI is InChI=1S/C23H22O5S/c1-13(2)23(26)27-11-7-10-19(24)28-17-12-14(3)15(4)22-20(17)21(25)16-8-5-6-9-18(16)29-22/h5-6,8-9,12H,1,7,10-11H2,2-4H3. The highest BCUT2D eigenvalue weighted by atomic mass is 32.1. The van der Waals surface area contributed by atoms with Gasteiger partial charge < -0.3 is 9.47 Å². The van der Waals surface area contributed by atoms with Crippen molar-refractivity contribution in [2.24, 2.45) is 0 Å². The number of benzene rings is 2. The Labute approximate surface area is 172 Å². The van der Waals surface area contributed by atoms with Gasteiger partial charge in [0.2, 0.25) is 0 Å². The summed E-state index contributed by atoms with van der Waals surface area (Å²) in [6.45, 7) is 9.06. The van der Waals surface area contributed by atoms with Crippen molar-refractivity contribution >= 4 is 43.4 Å². The third-order valence-electron chi connectivity index (χ3n) is 4.65. The first-order valence-corrected chi connectivity index (χ1v) is 10.1. The quantitative estimate of drug-likeness (QED) is 0.191. The third kappa shape index (κ3) is 4.38. The second-order valence-electron chi connectivity index (χ2n) is 6.94. The molecule has 0 saturated carbocycles. The maximum atomic E-state index is 13.1. The lowest BCUT2D eigenvalue weighted by Crippen LogP contribution is -2.13. The summed E-state index contributed by atoms with van der Waals surface area (Å²) in [6.07, 6.45) is 0.402. The van der Waals surface area contributed by atoms with E-state index in [1.54, 1.807) is 19.1 Å². The van der Waals surface area contributed by atoms with E-state index in [2.05, 4.69) is 6.58 Å². The molecule has 150 valence electrons. The Balaban J connectivity index is 1.87. The third-order valence-corrected chi connectivity index (χ3v) is 5.94. The summed E-state index contributed by atoms with van der Waals surface area (Å²) in [7, 11) is 0. The highest BCUT2D eigenvalue weighted by Crippen LogP contribution is 2.35. The summed E-state index contributed by atoms with van der Waals surface area (Å²) in [4.78, 5) is 36.8. The van der Waals surface area contributed by atoms with Gasteiger partial charge in [-0.25, -0.2) is 4.79 Å². The van der Waals surface area contributed by atoms with Gasteiger partial charge in [-0.05, 0) is 56.5 Å². The Morgan fingerprint density at radius 3 is 2.62 bits per heavy atom. The number of fused-ring (bicyclic) bond motifs is 2. The van der Waals surface area contributed by atoms with Crippen molar-refractivity contribution < 1.29 is 19.1 Å². The van der Waals surface area contributed by atoms with Crippen LogP contribution in [0.5, 0.6) is 5.75 Å². The number of esters is 2. The molecule has 0 radical (unpaired) electrons. The summed E-state index contributed by atoms with van der Waals surface area (Å²) >= 11 is 1.52. The van der Waals surface area contributed by atoms with Crippen LogP contribution >= 0.6 is 11.3 Å². The van der Waals surface area contributed by atoms with Gasteiger partial charge >= 0.3 is 11.9 Å². The number of hydrogen-bond acceptors (Lipinski definition) is 6. The SMILES string of the molecule is C=C(C)C(=O)OCCCC(=O)Oc1cc(C)c(C)c2sc3ccccc3c(=O)c12. The van der Waals surface area contributed by atoms with Crippen molar-refractivity contribution in [3.05, 3.63) is 63.8 Å². The van der Waals surface area contributed by atoms with Gasteiger partial charge in [-0.2, -0.15) is 0 Å². The first-order chi connectivity index (χ1) is 13.8. The maximum Gasteiger partial charge on any atom is 0.333 e. The summed E-state index contributed by atoms with van der Waals surface area (Å²) < 4.78 is 12.3. The molecule has 2 aromatic carbocycles. The number of rotatable bonds is 6. The molecule has 29 heavy (non-hydrogen) atoms. The second-order valence-corrected chi connectivity index (χ2v) is 7.99. The Kier molecular flexibility index (Phi) is 6.13. The summed E-state index contributed by atoms with van der Waals surface area (Å²) in [5.41, 5.74) is 2.11. The van der Waals surface area contributed by atoms with Crippen LogP contribution in [0.3, 0.4) is 0 Å². The Bertz CT molecular complexity index is 1190. The predicted octanol–water partition coefficient (Wildman–Crippen LogP) is 4.84. The van der Waals surface area contributed by atoms with Crippen LogP contribution in [0.25, 0.3) is 20.2 Å². The monoisotopic (exact) mass is 410 g/mol. The van der Waals surface area contributed by atoms with Crippen LogP contribution in [0.4, 0.5) is 0 Å². The average molecular weight is 410 g/mol. The van der Waals surface area contributed by atoms with Crippen molar-refractivity contribution in [3.8, 4) is 5.75 Å². The number of ether oxygens (including phenoxy) is 2. The molecule has 5 nitrogen and oxygen atoms in total.